The number of benzene rings is 2. The summed E-state index contributed by atoms with van der Waals surface area (Å²) < 4.78 is 6.84. The molecule has 2 aromatic heterocycles. The van der Waals surface area contributed by atoms with Crippen LogP contribution in [0.1, 0.15) is 11.3 Å². The van der Waals surface area contributed by atoms with Crippen molar-refractivity contribution in [2.45, 2.75) is 6.92 Å². The molecular formula is C21H18ClN7O. The van der Waals surface area contributed by atoms with E-state index < -0.39 is 0 Å². The smallest absolute Gasteiger partial charge is 0.263 e. The van der Waals surface area contributed by atoms with Gasteiger partial charge in [-0.15, -0.1) is 5.10 Å². The molecule has 0 spiro atoms. The highest BCUT2D eigenvalue weighted by atomic mass is 35.5. The number of nitrogens with zero attached hydrogens (tertiary/aromatic N) is 6. The maximum absolute atomic E-state index is 6.50. The molecule has 8 nitrogen and oxygen atoms in total. The summed E-state index contributed by atoms with van der Waals surface area (Å²) in [4.78, 5) is 4.43. The van der Waals surface area contributed by atoms with Crippen LogP contribution in [0.5, 0.6) is 5.75 Å². The van der Waals surface area contributed by atoms with Gasteiger partial charge in [0.15, 0.2) is 0 Å². The first-order chi connectivity index (χ1) is 14.7. The highest BCUT2D eigenvalue weighted by Gasteiger charge is 2.13. The Morgan fingerprint density at radius 3 is 2.60 bits per heavy atom. The maximum atomic E-state index is 6.50. The molecule has 2 aromatic carbocycles. The molecule has 0 atom stereocenters. The second-order valence-electron chi connectivity index (χ2n) is 6.30. The van der Waals surface area contributed by atoms with E-state index in [1.807, 2.05) is 61.5 Å². The molecule has 0 unspecified atom stereocenters. The molecule has 0 aliphatic heterocycles. The summed E-state index contributed by atoms with van der Waals surface area (Å²) in [5.74, 6) is 1.04. The summed E-state index contributed by atoms with van der Waals surface area (Å²) in [7, 11) is 1.62. The van der Waals surface area contributed by atoms with Gasteiger partial charge >= 0.3 is 0 Å². The van der Waals surface area contributed by atoms with Gasteiger partial charge in [-0.1, -0.05) is 29.8 Å². The monoisotopic (exact) mass is 419 g/mol. The lowest BCUT2D eigenvalue weighted by Crippen LogP contribution is -2.00. The van der Waals surface area contributed by atoms with Gasteiger partial charge in [0.25, 0.3) is 5.95 Å². The molecule has 0 bridgehead atoms. The van der Waals surface area contributed by atoms with Gasteiger partial charge in [-0.2, -0.15) is 15.3 Å². The molecule has 0 aliphatic carbocycles. The first kappa shape index (κ1) is 19.5. The van der Waals surface area contributed by atoms with Gasteiger partial charge in [0, 0.05) is 5.56 Å². The zero-order valence-corrected chi connectivity index (χ0v) is 17.1. The van der Waals surface area contributed by atoms with Crippen LogP contribution in [0, 0.1) is 6.92 Å². The van der Waals surface area contributed by atoms with Gasteiger partial charge in [0.05, 0.1) is 42.2 Å². The molecule has 1 N–H and O–H groups in total. The Hall–Kier alpha value is -3.78. The summed E-state index contributed by atoms with van der Waals surface area (Å²) in [6.07, 6.45) is 3.18. The minimum atomic E-state index is 0.267. The standard InChI is InChI=1S/C21H18ClN7O/c1-14-18(20(22)29(28-14)16-6-4-3-5-7-16)12-23-26-21-25-19(13-24-27-21)15-8-10-17(30-2)11-9-15/h3-13H,1-2H3,(H,25,26,27)/b23-12-. The SMILES string of the molecule is COc1ccc(-c2cnnc(N/N=C\c3c(C)nn(-c4ccccc4)c3Cl)n2)cc1. The Kier molecular flexibility index (Phi) is 5.67. The lowest BCUT2D eigenvalue weighted by molar-refractivity contribution is 0.415. The van der Waals surface area contributed by atoms with E-state index in [0.29, 0.717) is 16.4 Å². The van der Waals surface area contributed by atoms with Crippen molar-refractivity contribution < 1.29 is 4.74 Å². The lowest BCUT2D eigenvalue weighted by Gasteiger charge is -2.04. The van der Waals surface area contributed by atoms with E-state index in [9.17, 15) is 0 Å². The van der Waals surface area contributed by atoms with Crippen molar-refractivity contribution in [3.8, 4) is 22.7 Å². The average molecular weight is 420 g/mol. The highest BCUT2D eigenvalue weighted by molar-refractivity contribution is 6.32. The first-order valence-electron chi connectivity index (χ1n) is 9.09. The molecule has 4 rings (SSSR count). The second kappa shape index (κ2) is 8.71. The molecule has 30 heavy (non-hydrogen) atoms. The topological polar surface area (TPSA) is 90.1 Å². The van der Waals surface area contributed by atoms with Crippen molar-refractivity contribution >= 4 is 23.8 Å². The quantitative estimate of drug-likeness (QED) is 0.373. The highest BCUT2D eigenvalue weighted by Crippen LogP contribution is 2.22. The fourth-order valence-electron chi connectivity index (χ4n) is 2.80. The molecular weight excluding hydrogens is 402 g/mol. The molecule has 150 valence electrons. The van der Waals surface area contributed by atoms with Crippen molar-refractivity contribution in [3.63, 3.8) is 0 Å². The van der Waals surface area contributed by atoms with Crippen molar-refractivity contribution in [3.05, 3.63) is 77.2 Å². The third-order valence-electron chi connectivity index (χ3n) is 4.35. The first-order valence-corrected chi connectivity index (χ1v) is 9.47. The summed E-state index contributed by atoms with van der Waals surface area (Å²) in [5, 5.41) is 17.1. The number of ether oxygens (including phenoxy) is 1. The number of anilines is 1. The summed E-state index contributed by atoms with van der Waals surface area (Å²) in [6.45, 7) is 1.87. The van der Waals surface area contributed by atoms with E-state index in [-0.39, 0.29) is 5.95 Å². The summed E-state index contributed by atoms with van der Waals surface area (Å²) >= 11 is 6.50. The van der Waals surface area contributed by atoms with Gasteiger partial charge < -0.3 is 4.74 Å². The van der Waals surface area contributed by atoms with Crippen LogP contribution in [0.3, 0.4) is 0 Å². The number of methoxy groups -OCH3 is 1. The molecule has 0 amide bonds. The van der Waals surface area contributed by atoms with Crippen LogP contribution in [-0.4, -0.2) is 38.3 Å². The Balaban J connectivity index is 1.52. The van der Waals surface area contributed by atoms with Gasteiger partial charge in [-0.05, 0) is 43.3 Å². The van der Waals surface area contributed by atoms with Crippen LogP contribution in [-0.2, 0) is 0 Å². The lowest BCUT2D eigenvalue weighted by atomic mass is 10.1. The number of hydrazone groups is 1. The summed E-state index contributed by atoms with van der Waals surface area (Å²) in [5.41, 5.74) is 6.67. The molecule has 4 aromatic rings. The number of nitrogens with one attached hydrogen (secondary N) is 1. The number of halogens is 1. The van der Waals surface area contributed by atoms with E-state index in [0.717, 1.165) is 22.7 Å². The third-order valence-corrected chi connectivity index (χ3v) is 4.72. The fourth-order valence-corrected chi connectivity index (χ4v) is 3.13. The second-order valence-corrected chi connectivity index (χ2v) is 6.66. The van der Waals surface area contributed by atoms with Gasteiger partial charge in [0.1, 0.15) is 10.9 Å². The molecule has 0 saturated heterocycles. The average Bonchev–Trinajstić information content (AvgIpc) is 3.08. The Labute approximate surface area is 178 Å². The van der Waals surface area contributed by atoms with E-state index in [1.54, 1.807) is 24.2 Å². The zero-order valence-electron chi connectivity index (χ0n) is 16.3. The number of rotatable bonds is 6. The third kappa shape index (κ3) is 4.13. The van der Waals surface area contributed by atoms with Gasteiger partial charge in [-0.25, -0.2) is 15.1 Å². The Morgan fingerprint density at radius 1 is 1.10 bits per heavy atom. The van der Waals surface area contributed by atoms with E-state index in [2.05, 4.69) is 30.8 Å². The molecule has 0 aliphatic rings. The predicted molar refractivity (Wildman–Crippen MR) is 116 cm³/mol. The van der Waals surface area contributed by atoms with Crippen LogP contribution in [0.15, 0.2) is 65.9 Å². The Morgan fingerprint density at radius 2 is 1.87 bits per heavy atom. The van der Waals surface area contributed by atoms with Crippen molar-refractivity contribution in [1.29, 1.82) is 0 Å². The van der Waals surface area contributed by atoms with Crippen LogP contribution in [0.2, 0.25) is 5.15 Å². The molecule has 0 saturated carbocycles. The predicted octanol–water partition coefficient (Wildman–Crippen LogP) is 4.14. The van der Waals surface area contributed by atoms with E-state index >= 15 is 0 Å². The zero-order chi connectivity index (χ0) is 20.9. The van der Waals surface area contributed by atoms with Crippen molar-refractivity contribution in [2.24, 2.45) is 5.10 Å². The normalized spacial score (nSPS) is 11.0. The van der Waals surface area contributed by atoms with Crippen LogP contribution >= 0.6 is 11.6 Å². The molecule has 2 heterocycles. The number of hydrogen-bond acceptors (Lipinski definition) is 7. The van der Waals surface area contributed by atoms with Gasteiger partial charge in [0.2, 0.25) is 0 Å². The largest absolute Gasteiger partial charge is 0.497 e. The minimum absolute atomic E-state index is 0.267. The van der Waals surface area contributed by atoms with Crippen molar-refractivity contribution in [1.82, 2.24) is 25.0 Å². The maximum Gasteiger partial charge on any atom is 0.263 e. The molecule has 9 heteroatoms. The van der Waals surface area contributed by atoms with Crippen LogP contribution in [0.25, 0.3) is 16.9 Å². The Bertz CT molecular complexity index is 1170. The number of para-hydroxylation sites is 1. The van der Waals surface area contributed by atoms with Crippen LogP contribution in [0.4, 0.5) is 5.95 Å². The van der Waals surface area contributed by atoms with Gasteiger partial charge in [-0.3, -0.25) is 0 Å². The summed E-state index contributed by atoms with van der Waals surface area (Å²) in [6, 6.07) is 17.2. The molecule has 0 radical (unpaired) electrons. The minimum Gasteiger partial charge on any atom is -0.497 e. The number of aromatic nitrogens is 5. The van der Waals surface area contributed by atoms with Crippen LogP contribution < -0.4 is 10.2 Å². The number of aryl methyl sites for hydroxylation is 1. The number of hydrogen-bond donors (Lipinski definition) is 1. The van der Waals surface area contributed by atoms with E-state index in [1.165, 1.54) is 0 Å². The fraction of sp³-hybridized carbons (Fsp3) is 0.0952. The van der Waals surface area contributed by atoms with Crippen molar-refractivity contribution in [2.75, 3.05) is 12.5 Å². The van der Waals surface area contributed by atoms with E-state index in [4.69, 9.17) is 16.3 Å². The molecule has 0 fully saturated rings.